The lowest BCUT2D eigenvalue weighted by molar-refractivity contribution is 0.0946. The van der Waals surface area contributed by atoms with Crippen LogP contribution < -0.4 is 10.6 Å². The van der Waals surface area contributed by atoms with Crippen LogP contribution in [0.2, 0.25) is 5.02 Å². The summed E-state index contributed by atoms with van der Waals surface area (Å²) in [5, 5.41) is 6.19. The molecule has 1 heterocycles. The van der Waals surface area contributed by atoms with E-state index in [0.29, 0.717) is 22.8 Å². The number of aryl methyl sites for hydroxylation is 1. The maximum atomic E-state index is 12.4. The van der Waals surface area contributed by atoms with Gasteiger partial charge in [0.1, 0.15) is 5.69 Å². The molecule has 132 valence electrons. The molecule has 0 aliphatic carbocycles. The van der Waals surface area contributed by atoms with Gasteiger partial charge in [-0.3, -0.25) is 14.6 Å². The van der Waals surface area contributed by atoms with Gasteiger partial charge in [0.15, 0.2) is 0 Å². The van der Waals surface area contributed by atoms with Crippen LogP contribution in [0.1, 0.15) is 26.4 Å². The van der Waals surface area contributed by atoms with Crippen LogP contribution in [0.15, 0.2) is 36.5 Å². The number of hydrogen-bond donors (Lipinski definition) is 2. The van der Waals surface area contributed by atoms with Gasteiger partial charge in [-0.2, -0.15) is 0 Å². The fraction of sp³-hybridized carbons (Fsp3) is 0.278. The molecule has 1 aromatic carbocycles. The van der Waals surface area contributed by atoms with Gasteiger partial charge >= 0.3 is 0 Å². The second-order valence-electron chi connectivity index (χ2n) is 5.90. The molecule has 0 radical (unpaired) electrons. The van der Waals surface area contributed by atoms with Gasteiger partial charge in [-0.1, -0.05) is 11.6 Å². The SMILES string of the molecule is Cc1cc(Cl)ccc1NC(=O)c1ccnc(C(=O)NCCN(C)C)c1. The number of nitrogens with one attached hydrogen (secondary N) is 2. The van der Waals surface area contributed by atoms with Crippen LogP contribution in [-0.4, -0.2) is 48.9 Å². The average molecular weight is 361 g/mol. The van der Waals surface area contributed by atoms with E-state index in [1.54, 1.807) is 24.3 Å². The number of carbonyl (C=O) groups is 2. The summed E-state index contributed by atoms with van der Waals surface area (Å²) in [6.45, 7) is 3.09. The molecule has 25 heavy (non-hydrogen) atoms. The number of carbonyl (C=O) groups excluding carboxylic acids is 2. The van der Waals surface area contributed by atoms with Crippen molar-refractivity contribution in [1.82, 2.24) is 15.2 Å². The van der Waals surface area contributed by atoms with E-state index in [1.165, 1.54) is 12.3 Å². The maximum absolute atomic E-state index is 12.4. The molecule has 0 bridgehead atoms. The van der Waals surface area contributed by atoms with Crippen LogP contribution in [0.3, 0.4) is 0 Å². The largest absolute Gasteiger partial charge is 0.349 e. The number of likely N-dealkylation sites (N-methyl/N-ethyl adjacent to an activating group) is 1. The highest BCUT2D eigenvalue weighted by molar-refractivity contribution is 6.30. The third-order valence-electron chi connectivity index (χ3n) is 3.54. The standard InChI is InChI=1S/C18H21ClN4O2/c1-12-10-14(19)4-5-15(12)22-17(24)13-6-7-20-16(11-13)18(25)21-8-9-23(2)3/h4-7,10-11H,8-9H2,1-3H3,(H,21,25)(H,22,24). The van der Waals surface area contributed by atoms with Crippen LogP contribution >= 0.6 is 11.6 Å². The zero-order valence-electron chi connectivity index (χ0n) is 14.5. The number of amides is 2. The molecular weight excluding hydrogens is 340 g/mol. The van der Waals surface area contributed by atoms with Gasteiger partial charge < -0.3 is 15.5 Å². The number of rotatable bonds is 6. The summed E-state index contributed by atoms with van der Waals surface area (Å²) in [7, 11) is 3.85. The Morgan fingerprint density at radius 2 is 1.92 bits per heavy atom. The van der Waals surface area contributed by atoms with Gasteiger partial charge in [0, 0.05) is 35.6 Å². The van der Waals surface area contributed by atoms with Gasteiger partial charge in [-0.05, 0) is 56.9 Å². The van der Waals surface area contributed by atoms with Crippen LogP contribution in [0, 0.1) is 6.92 Å². The van der Waals surface area contributed by atoms with Gasteiger partial charge in [-0.15, -0.1) is 0 Å². The summed E-state index contributed by atoms with van der Waals surface area (Å²) < 4.78 is 0. The minimum Gasteiger partial charge on any atom is -0.349 e. The highest BCUT2D eigenvalue weighted by Gasteiger charge is 2.12. The summed E-state index contributed by atoms with van der Waals surface area (Å²) in [5.74, 6) is -0.616. The van der Waals surface area contributed by atoms with Crippen LogP contribution in [-0.2, 0) is 0 Å². The highest BCUT2D eigenvalue weighted by atomic mass is 35.5. The Labute approximate surface area is 152 Å². The van der Waals surface area contributed by atoms with Crippen molar-refractivity contribution in [3.8, 4) is 0 Å². The Bertz CT molecular complexity index is 777. The van der Waals surface area contributed by atoms with Crippen molar-refractivity contribution in [3.63, 3.8) is 0 Å². The Balaban J connectivity index is 2.06. The number of nitrogens with zero attached hydrogens (tertiary/aromatic N) is 2. The molecule has 0 fully saturated rings. The van der Waals surface area contributed by atoms with Crippen molar-refractivity contribution in [1.29, 1.82) is 0 Å². The number of aromatic nitrogens is 1. The van der Waals surface area contributed by atoms with E-state index >= 15 is 0 Å². The third kappa shape index (κ3) is 5.55. The Hall–Kier alpha value is -2.44. The van der Waals surface area contributed by atoms with E-state index in [9.17, 15) is 9.59 Å². The van der Waals surface area contributed by atoms with Gasteiger partial charge in [-0.25, -0.2) is 0 Å². The number of anilines is 1. The monoisotopic (exact) mass is 360 g/mol. The lowest BCUT2D eigenvalue weighted by atomic mass is 10.1. The molecule has 0 atom stereocenters. The van der Waals surface area contributed by atoms with Crippen molar-refractivity contribution in [3.05, 3.63) is 58.4 Å². The van der Waals surface area contributed by atoms with Crippen molar-refractivity contribution in [2.24, 2.45) is 0 Å². The van der Waals surface area contributed by atoms with Gasteiger partial charge in [0.25, 0.3) is 11.8 Å². The van der Waals surface area contributed by atoms with E-state index in [0.717, 1.165) is 12.1 Å². The first-order valence-corrected chi connectivity index (χ1v) is 8.21. The molecule has 0 aliphatic rings. The molecule has 0 saturated heterocycles. The zero-order valence-corrected chi connectivity index (χ0v) is 15.2. The molecule has 7 heteroatoms. The first kappa shape index (κ1) is 18.9. The first-order valence-electron chi connectivity index (χ1n) is 7.83. The van der Waals surface area contributed by atoms with Crippen LogP contribution in [0.5, 0.6) is 0 Å². The second kappa shape index (κ2) is 8.60. The van der Waals surface area contributed by atoms with Crippen molar-refractivity contribution >= 4 is 29.1 Å². The Kier molecular flexibility index (Phi) is 6.50. The van der Waals surface area contributed by atoms with Crippen LogP contribution in [0.4, 0.5) is 5.69 Å². The fourth-order valence-electron chi connectivity index (χ4n) is 2.14. The molecular formula is C18H21ClN4O2. The predicted octanol–water partition coefficient (Wildman–Crippen LogP) is 2.59. The Morgan fingerprint density at radius 1 is 1.16 bits per heavy atom. The summed E-state index contributed by atoms with van der Waals surface area (Å²) in [6.07, 6.45) is 1.45. The van der Waals surface area contributed by atoms with E-state index in [1.807, 2.05) is 25.9 Å². The van der Waals surface area contributed by atoms with E-state index in [-0.39, 0.29) is 17.5 Å². The molecule has 1 aromatic heterocycles. The van der Waals surface area contributed by atoms with Crippen molar-refractivity contribution in [2.45, 2.75) is 6.92 Å². The quantitative estimate of drug-likeness (QED) is 0.830. The molecule has 2 rings (SSSR count). The van der Waals surface area contributed by atoms with Crippen molar-refractivity contribution in [2.75, 3.05) is 32.5 Å². The average Bonchev–Trinajstić information content (AvgIpc) is 2.57. The topological polar surface area (TPSA) is 74.3 Å². The van der Waals surface area contributed by atoms with Crippen LogP contribution in [0.25, 0.3) is 0 Å². The van der Waals surface area contributed by atoms with E-state index < -0.39 is 0 Å². The minimum absolute atomic E-state index is 0.208. The predicted molar refractivity (Wildman–Crippen MR) is 99.3 cm³/mol. The second-order valence-corrected chi connectivity index (χ2v) is 6.34. The summed E-state index contributed by atoms with van der Waals surface area (Å²) in [5.41, 5.74) is 2.10. The summed E-state index contributed by atoms with van der Waals surface area (Å²) >= 11 is 5.92. The number of pyridine rings is 1. The number of halogens is 1. The molecule has 2 N–H and O–H groups in total. The minimum atomic E-state index is -0.310. The smallest absolute Gasteiger partial charge is 0.269 e. The molecule has 0 saturated carbocycles. The highest BCUT2D eigenvalue weighted by Crippen LogP contribution is 2.20. The van der Waals surface area contributed by atoms with E-state index in [4.69, 9.17) is 11.6 Å². The number of hydrogen-bond acceptors (Lipinski definition) is 4. The first-order chi connectivity index (χ1) is 11.9. The van der Waals surface area contributed by atoms with Gasteiger partial charge in [0.05, 0.1) is 0 Å². The molecule has 6 nitrogen and oxygen atoms in total. The van der Waals surface area contributed by atoms with E-state index in [2.05, 4.69) is 15.6 Å². The molecule has 0 spiro atoms. The maximum Gasteiger partial charge on any atom is 0.269 e. The zero-order chi connectivity index (χ0) is 18.4. The fourth-order valence-corrected chi connectivity index (χ4v) is 2.37. The number of benzene rings is 1. The molecule has 2 aromatic rings. The third-order valence-corrected chi connectivity index (χ3v) is 3.77. The Morgan fingerprint density at radius 3 is 2.60 bits per heavy atom. The van der Waals surface area contributed by atoms with Gasteiger partial charge in [0.2, 0.25) is 0 Å². The summed E-state index contributed by atoms with van der Waals surface area (Å²) in [6, 6.07) is 8.27. The lowest BCUT2D eigenvalue weighted by Crippen LogP contribution is -2.32. The molecule has 0 aliphatic heterocycles. The van der Waals surface area contributed by atoms with Crippen molar-refractivity contribution < 1.29 is 9.59 Å². The summed E-state index contributed by atoms with van der Waals surface area (Å²) in [4.78, 5) is 30.5. The molecule has 2 amide bonds. The molecule has 0 unspecified atom stereocenters. The normalized spacial score (nSPS) is 10.6. The lowest BCUT2D eigenvalue weighted by Gasteiger charge is -2.11.